The van der Waals surface area contributed by atoms with Crippen LogP contribution in [0.15, 0.2) is 48.8 Å². The van der Waals surface area contributed by atoms with Gasteiger partial charge in [-0.2, -0.15) is 0 Å². The number of carbonyl (C=O) groups is 1. The minimum absolute atomic E-state index is 0.0101. The number of benzene rings is 1. The van der Waals surface area contributed by atoms with Gasteiger partial charge in [-0.15, -0.1) is 0 Å². The van der Waals surface area contributed by atoms with E-state index in [1.165, 1.54) is 11.1 Å². The molecule has 0 bridgehead atoms. The molecule has 0 unspecified atom stereocenters. The molecule has 2 aromatic heterocycles. The first kappa shape index (κ1) is 13.1. The lowest BCUT2D eigenvalue weighted by molar-refractivity contribution is 0.0729. The number of nitrogens with zero attached hydrogens (tertiary/aromatic N) is 3. The molecule has 110 valence electrons. The molecule has 0 atom stereocenters. The normalized spacial score (nSPS) is 14.1. The van der Waals surface area contributed by atoms with Crippen LogP contribution in [0, 0.1) is 6.92 Å². The van der Waals surface area contributed by atoms with E-state index >= 15 is 0 Å². The van der Waals surface area contributed by atoms with Crippen molar-refractivity contribution in [2.45, 2.75) is 19.9 Å². The van der Waals surface area contributed by atoms with Crippen LogP contribution < -0.4 is 0 Å². The van der Waals surface area contributed by atoms with Crippen LogP contribution in [0.2, 0.25) is 0 Å². The van der Waals surface area contributed by atoms with Crippen molar-refractivity contribution in [3.63, 3.8) is 0 Å². The zero-order valence-electron chi connectivity index (χ0n) is 12.5. The maximum atomic E-state index is 12.7. The fraction of sp³-hybridized carbons (Fsp3) is 0.222. The van der Waals surface area contributed by atoms with Crippen molar-refractivity contribution in [2.75, 3.05) is 6.54 Å². The van der Waals surface area contributed by atoms with E-state index in [2.05, 4.69) is 23.2 Å². The van der Waals surface area contributed by atoms with Gasteiger partial charge in [0, 0.05) is 25.5 Å². The number of hydrogen-bond donors (Lipinski definition) is 0. The Labute approximate surface area is 129 Å². The summed E-state index contributed by atoms with van der Waals surface area (Å²) < 4.78 is 1.92. The maximum absolute atomic E-state index is 12.7. The fourth-order valence-corrected chi connectivity index (χ4v) is 3.04. The molecular formula is C18H17N3O. The first-order valence-corrected chi connectivity index (χ1v) is 7.52. The predicted octanol–water partition coefficient (Wildman–Crippen LogP) is 2.84. The largest absolute Gasteiger partial charge is 0.333 e. The summed E-state index contributed by atoms with van der Waals surface area (Å²) in [5.74, 6) is 0.0101. The molecule has 1 aliphatic rings. The first-order valence-electron chi connectivity index (χ1n) is 7.52. The van der Waals surface area contributed by atoms with Gasteiger partial charge in [0.25, 0.3) is 5.91 Å². The summed E-state index contributed by atoms with van der Waals surface area (Å²) in [6.45, 7) is 3.45. The summed E-state index contributed by atoms with van der Waals surface area (Å²) in [4.78, 5) is 19.1. The Hall–Kier alpha value is -2.62. The summed E-state index contributed by atoms with van der Waals surface area (Å²) in [5, 5.41) is 0. The molecule has 22 heavy (non-hydrogen) atoms. The lowest BCUT2D eigenvalue weighted by Gasteiger charge is -2.28. The fourth-order valence-electron chi connectivity index (χ4n) is 3.04. The molecule has 0 radical (unpaired) electrons. The second kappa shape index (κ2) is 4.98. The molecule has 1 aliphatic heterocycles. The molecule has 0 N–H and O–H groups in total. The van der Waals surface area contributed by atoms with Crippen molar-refractivity contribution in [3.05, 3.63) is 71.2 Å². The van der Waals surface area contributed by atoms with Crippen molar-refractivity contribution in [2.24, 2.45) is 0 Å². The highest BCUT2D eigenvalue weighted by molar-refractivity contribution is 5.93. The number of carbonyl (C=O) groups excluding carboxylic acids is 1. The summed E-state index contributed by atoms with van der Waals surface area (Å²) in [6.07, 6.45) is 4.73. The number of aryl methyl sites for hydroxylation is 1. The summed E-state index contributed by atoms with van der Waals surface area (Å²) >= 11 is 0. The van der Waals surface area contributed by atoms with E-state index in [0.717, 1.165) is 24.2 Å². The van der Waals surface area contributed by atoms with Gasteiger partial charge >= 0.3 is 0 Å². The zero-order chi connectivity index (χ0) is 15.1. The predicted molar refractivity (Wildman–Crippen MR) is 84.8 cm³/mol. The highest BCUT2D eigenvalue weighted by atomic mass is 16.2. The highest BCUT2D eigenvalue weighted by Crippen LogP contribution is 2.20. The Balaban J connectivity index is 1.64. The number of imidazole rings is 1. The van der Waals surface area contributed by atoms with Crippen molar-refractivity contribution in [3.8, 4) is 0 Å². The lowest BCUT2D eigenvalue weighted by Crippen LogP contribution is -2.36. The first-order chi connectivity index (χ1) is 10.7. The second-order valence-corrected chi connectivity index (χ2v) is 5.84. The molecule has 0 aliphatic carbocycles. The summed E-state index contributed by atoms with van der Waals surface area (Å²) in [5.41, 5.74) is 5.06. The van der Waals surface area contributed by atoms with Crippen LogP contribution in [0.25, 0.3) is 5.65 Å². The number of pyridine rings is 1. The Morgan fingerprint density at radius 1 is 1.09 bits per heavy atom. The molecule has 0 fully saturated rings. The van der Waals surface area contributed by atoms with Crippen LogP contribution in [-0.4, -0.2) is 26.7 Å². The van der Waals surface area contributed by atoms with Gasteiger partial charge < -0.3 is 9.30 Å². The maximum Gasteiger partial charge on any atom is 0.274 e. The van der Waals surface area contributed by atoms with Gasteiger partial charge in [-0.1, -0.05) is 30.3 Å². The van der Waals surface area contributed by atoms with Gasteiger partial charge in [0.1, 0.15) is 11.3 Å². The molecule has 3 aromatic rings. The molecule has 4 nitrogen and oxygen atoms in total. The summed E-state index contributed by atoms with van der Waals surface area (Å²) in [7, 11) is 0. The van der Waals surface area contributed by atoms with Crippen LogP contribution in [0.5, 0.6) is 0 Å². The van der Waals surface area contributed by atoms with Gasteiger partial charge in [0.15, 0.2) is 0 Å². The zero-order valence-corrected chi connectivity index (χ0v) is 12.5. The lowest BCUT2D eigenvalue weighted by atomic mass is 10.00. The van der Waals surface area contributed by atoms with Crippen molar-refractivity contribution in [1.82, 2.24) is 14.3 Å². The Kier molecular flexibility index (Phi) is 2.96. The van der Waals surface area contributed by atoms with E-state index in [1.807, 2.05) is 46.8 Å². The molecule has 0 saturated heterocycles. The number of rotatable bonds is 1. The molecule has 4 heteroatoms. The topological polar surface area (TPSA) is 37.6 Å². The Bertz CT molecular complexity index is 866. The van der Waals surface area contributed by atoms with E-state index in [9.17, 15) is 4.79 Å². The minimum atomic E-state index is 0.0101. The van der Waals surface area contributed by atoms with Crippen LogP contribution in [-0.2, 0) is 13.0 Å². The third-order valence-electron chi connectivity index (χ3n) is 4.24. The van der Waals surface area contributed by atoms with Crippen LogP contribution >= 0.6 is 0 Å². The van der Waals surface area contributed by atoms with E-state index in [1.54, 1.807) is 0 Å². The van der Waals surface area contributed by atoms with Gasteiger partial charge in [-0.05, 0) is 36.1 Å². The average molecular weight is 291 g/mol. The summed E-state index contributed by atoms with van der Waals surface area (Å²) in [6, 6.07) is 12.3. The number of fused-ring (bicyclic) bond motifs is 2. The SMILES string of the molecule is Cc1ccc2nc(C(=O)N3CCc4ccccc4C3)cn2c1. The molecule has 1 aromatic carbocycles. The molecule has 1 amide bonds. The van der Waals surface area contributed by atoms with Crippen LogP contribution in [0.3, 0.4) is 0 Å². The third kappa shape index (κ3) is 2.17. The van der Waals surface area contributed by atoms with Gasteiger partial charge in [-0.25, -0.2) is 4.98 Å². The van der Waals surface area contributed by atoms with Gasteiger partial charge in [0.2, 0.25) is 0 Å². The van der Waals surface area contributed by atoms with E-state index < -0.39 is 0 Å². The van der Waals surface area contributed by atoms with Crippen molar-refractivity contribution >= 4 is 11.6 Å². The Morgan fingerprint density at radius 2 is 1.91 bits per heavy atom. The smallest absolute Gasteiger partial charge is 0.274 e. The van der Waals surface area contributed by atoms with Crippen molar-refractivity contribution < 1.29 is 4.79 Å². The second-order valence-electron chi connectivity index (χ2n) is 5.84. The molecule has 0 saturated carbocycles. The van der Waals surface area contributed by atoms with Crippen LogP contribution in [0.4, 0.5) is 0 Å². The Morgan fingerprint density at radius 3 is 2.77 bits per heavy atom. The third-order valence-corrected chi connectivity index (χ3v) is 4.24. The number of amides is 1. The minimum Gasteiger partial charge on any atom is -0.333 e. The quantitative estimate of drug-likeness (QED) is 0.691. The molecule has 0 spiro atoms. The van der Waals surface area contributed by atoms with Crippen LogP contribution in [0.1, 0.15) is 27.2 Å². The number of hydrogen-bond acceptors (Lipinski definition) is 2. The average Bonchev–Trinajstić information content (AvgIpc) is 2.96. The highest BCUT2D eigenvalue weighted by Gasteiger charge is 2.23. The van der Waals surface area contributed by atoms with E-state index in [0.29, 0.717) is 12.2 Å². The molecule has 4 rings (SSSR count). The molecule has 3 heterocycles. The monoisotopic (exact) mass is 291 g/mol. The van der Waals surface area contributed by atoms with E-state index in [4.69, 9.17) is 0 Å². The van der Waals surface area contributed by atoms with E-state index in [-0.39, 0.29) is 5.91 Å². The number of aromatic nitrogens is 2. The van der Waals surface area contributed by atoms with Gasteiger partial charge in [0.05, 0.1) is 0 Å². The molecular weight excluding hydrogens is 274 g/mol. The van der Waals surface area contributed by atoms with Gasteiger partial charge in [-0.3, -0.25) is 4.79 Å². The standard InChI is InChI=1S/C18H17N3O/c1-13-6-7-17-19-16(12-21(17)10-13)18(22)20-9-8-14-4-2-3-5-15(14)11-20/h2-7,10,12H,8-9,11H2,1H3. The van der Waals surface area contributed by atoms with Crippen molar-refractivity contribution in [1.29, 1.82) is 0 Å².